The molecule has 122 valence electrons. The summed E-state index contributed by atoms with van der Waals surface area (Å²) in [6, 6.07) is 12.6. The molecule has 0 unspecified atom stereocenters. The van der Waals surface area contributed by atoms with Crippen molar-refractivity contribution < 1.29 is 18.3 Å². The van der Waals surface area contributed by atoms with Crippen LogP contribution < -0.4 is 0 Å². The summed E-state index contributed by atoms with van der Waals surface area (Å²) in [5.74, 6) is -1.22. The predicted octanol–water partition coefficient (Wildman–Crippen LogP) is 3.38. The highest BCUT2D eigenvalue weighted by Crippen LogP contribution is 2.21. The summed E-state index contributed by atoms with van der Waals surface area (Å²) < 4.78 is 27.1. The van der Waals surface area contributed by atoms with Crippen molar-refractivity contribution in [3.05, 3.63) is 63.6 Å². The van der Waals surface area contributed by atoms with E-state index in [4.69, 9.17) is 16.7 Å². The standard InChI is InChI=1S/C15H13BrClNO4S/c16-12-3-1-11(2-4-12)9-18(10-15(19)20)23(21,22)14-7-5-13(17)6-8-14/h1-8H,9-10H2,(H,19,20). The van der Waals surface area contributed by atoms with Gasteiger partial charge >= 0.3 is 5.97 Å². The first-order chi connectivity index (χ1) is 10.8. The van der Waals surface area contributed by atoms with Crippen LogP contribution in [0.4, 0.5) is 0 Å². The fourth-order valence-corrected chi connectivity index (χ4v) is 3.69. The minimum Gasteiger partial charge on any atom is -0.480 e. The third kappa shape index (κ3) is 4.78. The molecule has 0 aliphatic rings. The molecule has 0 amide bonds. The van der Waals surface area contributed by atoms with E-state index in [1.807, 2.05) is 0 Å². The molecule has 0 saturated heterocycles. The molecule has 23 heavy (non-hydrogen) atoms. The number of carbonyl (C=O) groups is 1. The van der Waals surface area contributed by atoms with E-state index < -0.39 is 22.5 Å². The van der Waals surface area contributed by atoms with Crippen molar-refractivity contribution in [2.24, 2.45) is 0 Å². The van der Waals surface area contributed by atoms with Crippen LogP contribution >= 0.6 is 27.5 Å². The minimum absolute atomic E-state index is 0.000242. The maximum Gasteiger partial charge on any atom is 0.318 e. The molecule has 2 aromatic rings. The SMILES string of the molecule is O=C(O)CN(Cc1ccc(Br)cc1)S(=O)(=O)c1ccc(Cl)cc1. The summed E-state index contributed by atoms with van der Waals surface area (Å²) in [6.07, 6.45) is 0. The van der Waals surface area contributed by atoms with Crippen molar-refractivity contribution in [3.8, 4) is 0 Å². The van der Waals surface area contributed by atoms with Crippen molar-refractivity contribution in [1.29, 1.82) is 0 Å². The zero-order valence-corrected chi connectivity index (χ0v) is 15.0. The summed E-state index contributed by atoms with van der Waals surface area (Å²) >= 11 is 9.06. The number of hydrogen-bond acceptors (Lipinski definition) is 3. The first-order valence-corrected chi connectivity index (χ1v) is 9.12. The Morgan fingerprint density at radius 2 is 1.65 bits per heavy atom. The lowest BCUT2D eigenvalue weighted by Crippen LogP contribution is -2.35. The van der Waals surface area contributed by atoms with E-state index in [-0.39, 0.29) is 11.4 Å². The molecule has 5 nitrogen and oxygen atoms in total. The molecule has 0 spiro atoms. The number of carboxylic acid groups (broad SMARTS) is 1. The van der Waals surface area contributed by atoms with E-state index in [0.717, 1.165) is 8.78 Å². The van der Waals surface area contributed by atoms with Gasteiger partial charge in [-0.2, -0.15) is 4.31 Å². The second kappa shape index (κ2) is 7.44. The topological polar surface area (TPSA) is 74.7 Å². The molecule has 0 heterocycles. The Morgan fingerprint density at radius 1 is 1.09 bits per heavy atom. The summed E-state index contributed by atoms with van der Waals surface area (Å²) in [6.45, 7) is -0.661. The van der Waals surface area contributed by atoms with Crippen molar-refractivity contribution in [1.82, 2.24) is 4.31 Å². The number of benzene rings is 2. The monoisotopic (exact) mass is 417 g/mol. The quantitative estimate of drug-likeness (QED) is 0.780. The lowest BCUT2D eigenvalue weighted by atomic mass is 10.2. The van der Waals surface area contributed by atoms with Gasteiger partial charge in [0.15, 0.2) is 0 Å². The Labute approximate surface area is 147 Å². The maximum absolute atomic E-state index is 12.7. The maximum atomic E-state index is 12.7. The average Bonchev–Trinajstić information content (AvgIpc) is 2.49. The largest absolute Gasteiger partial charge is 0.480 e. The van der Waals surface area contributed by atoms with E-state index in [1.54, 1.807) is 24.3 Å². The van der Waals surface area contributed by atoms with Crippen LogP contribution in [-0.4, -0.2) is 30.3 Å². The molecule has 8 heteroatoms. The molecule has 0 bridgehead atoms. The number of nitrogens with zero attached hydrogens (tertiary/aromatic N) is 1. The van der Waals surface area contributed by atoms with Crippen molar-refractivity contribution in [2.45, 2.75) is 11.4 Å². The molecular weight excluding hydrogens is 406 g/mol. The lowest BCUT2D eigenvalue weighted by molar-refractivity contribution is -0.137. The second-order valence-corrected chi connectivity index (χ2v) is 8.04. The van der Waals surface area contributed by atoms with Gasteiger partial charge in [-0.05, 0) is 42.0 Å². The van der Waals surface area contributed by atoms with Gasteiger partial charge in [0.2, 0.25) is 10.0 Å². The van der Waals surface area contributed by atoms with Crippen LogP contribution in [0, 0.1) is 0 Å². The number of aliphatic carboxylic acids is 1. The van der Waals surface area contributed by atoms with E-state index in [9.17, 15) is 13.2 Å². The van der Waals surface area contributed by atoms with Crippen LogP contribution in [-0.2, 0) is 21.4 Å². The van der Waals surface area contributed by atoms with Crippen LogP contribution in [0.2, 0.25) is 5.02 Å². The molecule has 0 atom stereocenters. The van der Waals surface area contributed by atoms with Crippen molar-refractivity contribution in [2.75, 3.05) is 6.54 Å². The highest BCUT2D eigenvalue weighted by atomic mass is 79.9. The van der Waals surface area contributed by atoms with Gasteiger partial charge in [-0.15, -0.1) is 0 Å². The average molecular weight is 419 g/mol. The summed E-state index contributed by atoms with van der Waals surface area (Å²) in [5.41, 5.74) is 0.687. The second-order valence-electron chi connectivity index (χ2n) is 4.75. The Bertz CT molecular complexity index is 791. The van der Waals surface area contributed by atoms with Crippen LogP contribution in [0.5, 0.6) is 0 Å². The molecule has 0 radical (unpaired) electrons. The van der Waals surface area contributed by atoms with Gasteiger partial charge in [0.1, 0.15) is 6.54 Å². The highest BCUT2D eigenvalue weighted by molar-refractivity contribution is 9.10. The molecule has 0 saturated carbocycles. The molecule has 1 N–H and O–H groups in total. The van der Waals surface area contributed by atoms with E-state index in [2.05, 4.69) is 15.9 Å². The summed E-state index contributed by atoms with van der Waals surface area (Å²) in [5, 5.41) is 9.43. The molecule has 2 rings (SSSR count). The first-order valence-electron chi connectivity index (χ1n) is 6.51. The fraction of sp³-hybridized carbons (Fsp3) is 0.133. The Balaban J connectivity index is 2.34. The van der Waals surface area contributed by atoms with Crippen LogP contribution in [0.1, 0.15) is 5.56 Å². The summed E-state index contributed by atoms with van der Waals surface area (Å²) in [7, 11) is -3.94. The van der Waals surface area contributed by atoms with Gasteiger partial charge in [0.05, 0.1) is 4.90 Å². The molecule has 0 fully saturated rings. The van der Waals surface area contributed by atoms with Crippen molar-refractivity contribution in [3.63, 3.8) is 0 Å². The van der Waals surface area contributed by atoms with E-state index >= 15 is 0 Å². The molecular formula is C15H13BrClNO4S. The number of hydrogen-bond donors (Lipinski definition) is 1. The highest BCUT2D eigenvalue weighted by Gasteiger charge is 2.26. The number of carboxylic acids is 1. The normalized spacial score (nSPS) is 11.6. The fourth-order valence-electron chi connectivity index (χ4n) is 1.93. The third-order valence-corrected chi connectivity index (χ3v) is 5.62. The first kappa shape index (κ1) is 17.9. The number of sulfonamides is 1. The Kier molecular flexibility index (Phi) is 5.80. The lowest BCUT2D eigenvalue weighted by Gasteiger charge is -2.20. The molecule has 0 aliphatic carbocycles. The van der Waals surface area contributed by atoms with Crippen molar-refractivity contribution >= 4 is 43.5 Å². The van der Waals surface area contributed by atoms with E-state index in [1.165, 1.54) is 24.3 Å². The molecule has 2 aromatic carbocycles. The number of halogens is 2. The Hall–Kier alpha value is -1.41. The van der Waals surface area contributed by atoms with E-state index in [0.29, 0.717) is 10.6 Å². The molecule has 0 aliphatic heterocycles. The number of rotatable bonds is 6. The van der Waals surface area contributed by atoms with Gasteiger partial charge in [0.25, 0.3) is 0 Å². The smallest absolute Gasteiger partial charge is 0.318 e. The predicted molar refractivity (Wildman–Crippen MR) is 90.8 cm³/mol. The van der Waals surface area contributed by atoms with Crippen LogP contribution in [0.3, 0.4) is 0 Å². The van der Waals surface area contributed by atoms with Gasteiger partial charge < -0.3 is 5.11 Å². The van der Waals surface area contributed by atoms with Gasteiger partial charge in [-0.1, -0.05) is 39.7 Å². The van der Waals surface area contributed by atoms with Gasteiger partial charge in [-0.3, -0.25) is 4.79 Å². The zero-order chi connectivity index (χ0) is 17.0. The minimum atomic E-state index is -3.94. The van der Waals surface area contributed by atoms with Gasteiger partial charge in [-0.25, -0.2) is 8.42 Å². The summed E-state index contributed by atoms with van der Waals surface area (Å²) in [4.78, 5) is 11.1. The Morgan fingerprint density at radius 3 is 2.17 bits per heavy atom. The van der Waals surface area contributed by atoms with Crippen LogP contribution in [0.15, 0.2) is 57.9 Å². The third-order valence-electron chi connectivity index (χ3n) is 3.04. The van der Waals surface area contributed by atoms with Crippen LogP contribution in [0.25, 0.3) is 0 Å². The van der Waals surface area contributed by atoms with Gasteiger partial charge in [0, 0.05) is 16.0 Å². The zero-order valence-electron chi connectivity index (χ0n) is 11.8. The molecule has 0 aromatic heterocycles.